The van der Waals surface area contributed by atoms with Crippen LogP contribution in [0.15, 0.2) is 23.2 Å². The highest BCUT2D eigenvalue weighted by Crippen LogP contribution is 2.32. The second-order valence-electron chi connectivity index (χ2n) is 7.71. The molecule has 0 amide bonds. The van der Waals surface area contributed by atoms with Crippen molar-refractivity contribution in [1.29, 1.82) is 0 Å². The number of benzene rings is 1. The van der Waals surface area contributed by atoms with Gasteiger partial charge in [-0.1, -0.05) is 20.8 Å². The van der Waals surface area contributed by atoms with Crippen molar-refractivity contribution < 1.29 is 14.2 Å². The molecule has 1 aliphatic rings. The predicted octanol–water partition coefficient (Wildman–Crippen LogP) is 3.84. The van der Waals surface area contributed by atoms with Gasteiger partial charge in [0, 0.05) is 51.0 Å². The molecule has 0 unspecified atom stereocenters. The highest BCUT2D eigenvalue weighted by Gasteiger charge is 2.11. The molecule has 0 radical (unpaired) electrons. The molecule has 1 aromatic carbocycles. The summed E-state index contributed by atoms with van der Waals surface area (Å²) < 4.78 is 17.2. The fraction of sp³-hybridized carbons (Fsp3) is 0.682. The van der Waals surface area contributed by atoms with Gasteiger partial charge in [-0.15, -0.1) is 24.0 Å². The minimum absolute atomic E-state index is 0. The van der Waals surface area contributed by atoms with E-state index < -0.39 is 0 Å². The van der Waals surface area contributed by atoms with Gasteiger partial charge in [-0.3, -0.25) is 4.99 Å². The zero-order valence-corrected chi connectivity index (χ0v) is 21.2. The van der Waals surface area contributed by atoms with Crippen molar-refractivity contribution in [3.05, 3.63) is 18.2 Å². The Hall–Kier alpha value is -1.26. The van der Waals surface area contributed by atoms with Crippen molar-refractivity contribution in [2.45, 2.75) is 33.6 Å². The van der Waals surface area contributed by atoms with Crippen molar-refractivity contribution in [3.63, 3.8) is 0 Å². The number of guanidine groups is 1. The molecule has 0 atom stereocenters. The molecule has 0 aromatic heterocycles. The zero-order valence-electron chi connectivity index (χ0n) is 18.9. The quantitative estimate of drug-likeness (QED) is 0.195. The first-order chi connectivity index (χ1) is 14.1. The molecular formula is C22H39IN4O3. The van der Waals surface area contributed by atoms with Crippen molar-refractivity contribution in [3.8, 4) is 11.5 Å². The first kappa shape index (κ1) is 26.8. The summed E-state index contributed by atoms with van der Waals surface area (Å²) in [5.74, 6) is 2.91. The molecule has 1 aromatic rings. The third-order valence-electron chi connectivity index (χ3n) is 4.50. The molecule has 7 nitrogen and oxygen atoms in total. The molecule has 0 spiro atoms. The molecule has 0 bridgehead atoms. The second-order valence-corrected chi connectivity index (χ2v) is 7.71. The Balaban J connectivity index is 0.00000450. The number of aliphatic imine (C=N–C) groups is 1. The average Bonchev–Trinajstić information content (AvgIpc) is 2.94. The Morgan fingerprint density at radius 3 is 2.73 bits per heavy atom. The van der Waals surface area contributed by atoms with Crippen LogP contribution < -0.4 is 20.1 Å². The fourth-order valence-electron chi connectivity index (χ4n) is 2.72. The van der Waals surface area contributed by atoms with E-state index in [4.69, 9.17) is 19.2 Å². The van der Waals surface area contributed by atoms with E-state index in [1.807, 2.05) is 18.2 Å². The third kappa shape index (κ3) is 10.7. The van der Waals surface area contributed by atoms with Crippen molar-refractivity contribution in [2.24, 2.45) is 10.9 Å². The lowest BCUT2D eigenvalue weighted by Crippen LogP contribution is -2.37. The topological polar surface area (TPSA) is 67.4 Å². The van der Waals surface area contributed by atoms with Gasteiger partial charge in [-0.25, -0.2) is 0 Å². The number of hydrogen-bond acceptors (Lipinski definition) is 5. The number of nitrogens with zero attached hydrogens (tertiary/aromatic N) is 2. The smallest absolute Gasteiger partial charge is 0.195 e. The summed E-state index contributed by atoms with van der Waals surface area (Å²) in [5.41, 5.74) is 0.931. The van der Waals surface area contributed by atoms with Gasteiger partial charge in [0.05, 0.1) is 13.2 Å². The number of nitrogens with one attached hydrogen (secondary N) is 2. The van der Waals surface area contributed by atoms with E-state index in [1.54, 1.807) is 0 Å². The Morgan fingerprint density at radius 1 is 1.23 bits per heavy atom. The lowest BCUT2D eigenvalue weighted by atomic mass is 10.2. The molecule has 8 heteroatoms. The molecular weight excluding hydrogens is 495 g/mol. The fourth-order valence-corrected chi connectivity index (χ4v) is 2.72. The molecule has 1 aliphatic heterocycles. The lowest BCUT2D eigenvalue weighted by Gasteiger charge is -2.17. The van der Waals surface area contributed by atoms with E-state index in [-0.39, 0.29) is 24.0 Å². The summed E-state index contributed by atoms with van der Waals surface area (Å²) in [7, 11) is 2.11. The Labute approximate surface area is 199 Å². The van der Waals surface area contributed by atoms with Crippen molar-refractivity contribution >= 4 is 35.6 Å². The van der Waals surface area contributed by atoms with Gasteiger partial charge < -0.3 is 29.7 Å². The zero-order chi connectivity index (χ0) is 20.9. The van der Waals surface area contributed by atoms with E-state index in [0.29, 0.717) is 25.7 Å². The summed E-state index contributed by atoms with van der Waals surface area (Å²) >= 11 is 0. The van der Waals surface area contributed by atoms with Gasteiger partial charge >= 0.3 is 0 Å². The minimum atomic E-state index is 0. The highest BCUT2D eigenvalue weighted by molar-refractivity contribution is 14.0. The Kier molecular flexibility index (Phi) is 13.9. The summed E-state index contributed by atoms with van der Waals surface area (Å²) in [4.78, 5) is 6.97. The molecule has 0 aliphatic carbocycles. The van der Waals surface area contributed by atoms with Crippen LogP contribution in [0.2, 0.25) is 0 Å². The number of ether oxygens (including phenoxy) is 3. The molecule has 0 saturated heterocycles. The summed E-state index contributed by atoms with van der Waals surface area (Å²) in [5, 5.41) is 6.81. The maximum Gasteiger partial charge on any atom is 0.195 e. The van der Waals surface area contributed by atoms with Crippen LogP contribution in [0, 0.1) is 5.92 Å². The Bertz CT molecular complexity index is 628. The second kappa shape index (κ2) is 15.5. The summed E-state index contributed by atoms with van der Waals surface area (Å²) in [6.07, 6.45) is 1.80. The normalized spacial score (nSPS) is 13.7. The van der Waals surface area contributed by atoms with Crippen LogP contribution in [0.4, 0.5) is 5.69 Å². The molecule has 2 rings (SSSR count). The van der Waals surface area contributed by atoms with E-state index in [9.17, 15) is 0 Å². The number of likely N-dealkylation sites (N-methyl/N-ethyl adjacent to an activating group) is 1. The molecule has 30 heavy (non-hydrogen) atoms. The van der Waals surface area contributed by atoms with Crippen LogP contribution in [0.25, 0.3) is 0 Å². The van der Waals surface area contributed by atoms with Gasteiger partial charge in [-0.05, 0) is 38.1 Å². The molecule has 0 fully saturated rings. The van der Waals surface area contributed by atoms with E-state index in [2.05, 4.69) is 43.4 Å². The van der Waals surface area contributed by atoms with Crippen LogP contribution in [0.3, 0.4) is 0 Å². The third-order valence-corrected chi connectivity index (χ3v) is 4.50. The molecule has 1 heterocycles. The number of hydrogen-bond donors (Lipinski definition) is 2. The van der Waals surface area contributed by atoms with Crippen LogP contribution >= 0.6 is 24.0 Å². The standard InChI is InChI=1S/C22H38N4O3.HI/c1-5-26(4)12-11-24-22(23-10-6-13-27-17-18(2)3)25-19-8-9-20-21(16-19)29-15-7-14-28-20;/h8-9,16,18H,5-7,10-15,17H2,1-4H3,(H2,23,24,25);1H. The van der Waals surface area contributed by atoms with Gasteiger partial charge in [0.1, 0.15) is 0 Å². The van der Waals surface area contributed by atoms with E-state index in [1.165, 1.54) is 0 Å². The maximum absolute atomic E-state index is 5.79. The number of anilines is 1. The van der Waals surface area contributed by atoms with Gasteiger partial charge in [0.2, 0.25) is 0 Å². The molecule has 172 valence electrons. The Morgan fingerprint density at radius 2 is 2.00 bits per heavy atom. The van der Waals surface area contributed by atoms with Gasteiger partial charge in [-0.2, -0.15) is 0 Å². The number of halogens is 1. The average molecular weight is 534 g/mol. The summed E-state index contributed by atoms with van der Waals surface area (Å²) in [6, 6.07) is 5.92. The van der Waals surface area contributed by atoms with Gasteiger partial charge in [0.25, 0.3) is 0 Å². The molecule has 0 saturated carbocycles. The van der Waals surface area contributed by atoms with Crippen LogP contribution in [-0.2, 0) is 4.74 Å². The van der Waals surface area contributed by atoms with E-state index in [0.717, 1.165) is 68.8 Å². The first-order valence-electron chi connectivity index (χ1n) is 10.8. The van der Waals surface area contributed by atoms with E-state index >= 15 is 0 Å². The number of fused-ring (bicyclic) bond motifs is 1. The largest absolute Gasteiger partial charge is 0.490 e. The predicted molar refractivity (Wildman–Crippen MR) is 135 cm³/mol. The van der Waals surface area contributed by atoms with Crippen molar-refractivity contribution in [2.75, 3.05) is 65.0 Å². The van der Waals surface area contributed by atoms with Crippen molar-refractivity contribution in [1.82, 2.24) is 10.2 Å². The number of rotatable bonds is 11. The monoisotopic (exact) mass is 534 g/mol. The van der Waals surface area contributed by atoms with Crippen LogP contribution in [-0.4, -0.2) is 70.5 Å². The van der Waals surface area contributed by atoms with Crippen LogP contribution in [0.1, 0.15) is 33.6 Å². The SMILES string of the molecule is CCN(C)CCNC(=NCCCOCC(C)C)Nc1ccc2c(c1)OCCCO2.I. The first-order valence-corrected chi connectivity index (χ1v) is 10.8. The summed E-state index contributed by atoms with van der Waals surface area (Å²) in [6.45, 7) is 12.9. The van der Waals surface area contributed by atoms with Crippen LogP contribution in [0.5, 0.6) is 11.5 Å². The van der Waals surface area contributed by atoms with Gasteiger partial charge in [0.15, 0.2) is 17.5 Å². The maximum atomic E-state index is 5.79. The highest BCUT2D eigenvalue weighted by atomic mass is 127. The molecule has 2 N–H and O–H groups in total. The lowest BCUT2D eigenvalue weighted by molar-refractivity contribution is 0.109. The minimum Gasteiger partial charge on any atom is -0.490 e.